The molecule has 2 heterocycles. The summed E-state index contributed by atoms with van der Waals surface area (Å²) < 4.78 is 12.8. The number of rotatable bonds is 6. The second-order valence-electron chi connectivity index (χ2n) is 6.01. The van der Waals surface area contributed by atoms with Gasteiger partial charge in [-0.05, 0) is 44.6 Å². The van der Waals surface area contributed by atoms with Crippen LogP contribution in [0.15, 0.2) is 6.07 Å². The van der Waals surface area contributed by atoms with Crippen LogP contribution in [0.25, 0.3) is 0 Å². The number of hydrogen-bond acceptors (Lipinski definition) is 4. The van der Waals surface area contributed by atoms with Crippen LogP contribution in [-0.4, -0.2) is 35.1 Å². The zero-order chi connectivity index (χ0) is 15.2. The first-order valence-corrected chi connectivity index (χ1v) is 7.95. The van der Waals surface area contributed by atoms with Crippen LogP contribution in [0, 0.1) is 5.92 Å². The van der Waals surface area contributed by atoms with Crippen molar-refractivity contribution < 1.29 is 14.3 Å². The standard InChI is InChI=1S/C16H26N2O3/c1-4-20-16(19)15-10-13(9-12(2)3)18(17-15)11-14-7-5-6-8-21-14/h10,12,14H,4-9,11H2,1-3H3. The van der Waals surface area contributed by atoms with Gasteiger partial charge in [0.2, 0.25) is 0 Å². The summed E-state index contributed by atoms with van der Waals surface area (Å²) >= 11 is 0. The van der Waals surface area contributed by atoms with Crippen molar-refractivity contribution in [2.75, 3.05) is 13.2 Å². The van der Waals surface area contributed by atoms with Crippen molar-refractivity contribution >= 4 is 5.97 Å². The molecule has 118 valence electrons. The number of carbonyl (C=O) groups is 1. The van der Waals surface area contributed by atoms with Gasteiger partial charge in [-0.3, -0.25) is 4.68 Å². The van der Waals surface area contributed by atoms with Gasteiger partial charge in [0.15, 0.2) is 5.69 Å². The van der Waals surface area contributed by atoms with E-state index in [1.165, 1.54) is 6.42 Å². The van der Waals surface area contributed by atoms with Gasteiger partial charge in [-0.1, -0.05) is 13.8 Å². The fourth-order valence-corrected chi connectivity index (χ4v) is 2.65. The molecule has 0 bridgehead atoms. The zero-order valence-corrected chi connectivity index (χ0v) is 13.3. The summed E-state index contributed by atoms with van der Waals surface area (Å²) in [6.45, 7) is 8.06. The van der Waals surface area contributed by atoms with Gasteiger partial charge >= 0.3 is 5.97 Å². The fraction of sp³-hybridized carbons (Fsp3) is 0.750. The highest BCUT2D eigenvalue weighted by molar-refractivity contribution is 5.87. The van der Waals surface area contributed by atoms with E-state index < -0.39 is 0 Å². The summed E-state index contributed by atoms with van der Waals surface area (Å²) in [5.41, 5.74) is 1.49. The lowest BCUT2D eigenvalue weighted by atomic mass is 10.1. The van der Waals surface area contributed by atoms with Crippen LogP contribution < -0.4 is 0 Å². The van der Waals surface area contributed by atoms with E-state index in [9.17, 15) is 4.79 Å². The molecule has 1 aromatic heterocycles. The first kappa shape index (κ1) is 16.0. The van der Waals surface area contributed by atoms with Crippen molar-refractivity contribution in [3.63, 3.8) is 0 Å². The summed E-state index contributed by atoms with van der Waals surface area (Å²) in [7, 11) is 0. The molecule has 1 aliphatic rings. The van der Waals surface area contributed by atoms with Gasteiger partial charge in [-0.15, -0.1) is 0 Å². The van der Waals surface area contributed by atoms with Gasteiger partial charge in [-0.25, -0.2) is 4.79 Å². The monoisotopic (exact) mass is 294 g/mol. The maximum absolute atomic E-state index is 11.9. The third kappa shape index (κ3) is 4.56. The maximum Gasteiger partial charge on any atom is 0.358 e. The van der Waals surface area contributed by atoms with Crippen LogP contribution in [0.3, 0.4) is 0 Å². The van der Waals surface area contributed by atoms with Gasteiger partial charge < -0.3 is 9.47 Å². The normalized spacial score (nSPS) is 19.0. The van der Waals surface area contributed by atoms with Crippen molar-refractivity contribution in [3.05, 3.63) is 17.5 Å². The number of ether oxygens (including phenoxy) is 2. The van der Waals surface area contributed by atoms with Gasteiger partial charge in [-0.2, -0.15) is 5.10 Å². The topological polar surface area (TPSA) is 53.4 Å². The molecule has 0 amide bonds. The predicted molar refractivity (Wildman–Crippen MR) is 80.3 cm³/mol. The average Bonchev–Trinajstić information content (AvgIpc) is 2.82. The molecule has 0 radical (unpaired) electrons. The quantitative estimate of drug-likeness (QED) is 0.757. The van der Waals surface area contributed by atoms with E-state index in [0.717, 1.165) is 38.1 Å². The smallest absolute Gasteiger partial charge is 0.358 e. The largest absolute Gasteiger partial charge is 0.461 e. The molecule has 1 atom stereocenters. The third-order valence-electron chi connectivity index (χ3n) is 3.62. The number of carbonyl (C=O) groups excluding carboxylic acids is 1. The van der Waals surface area contributed by atoms with Gasteiger partial charge in [0, 0.05) is 12.3 Å². The Labute approximate surface area is 126 Å². The van der Waals surface area contributed by atoms with Crippen molar-refractivity contribution in [1.82, 2.24) is 9.78 Å². The molecule has 21 heavy (non-hydrogen) atoms. The minimum absolute atomic E-state index is 0.208. The molecule has 1 fully saturated rings. The molecule has 1 aromatic rings. The molecule has 1 aliphatic heterocycles. The van der Waals surface area contributed by atoms with Crippen molar-refractivity contribution in [2.24, 2.45) is 5.92 Å². The van der Waals surface area contributed by atoms with Crippen LogP contribution in [0.4, 0.5) is 0 Å². The maximum atomic E-state index is 11.9. The lowest BCUT2D eigenvalue weighted by Crippen LogP contribution is -2.26. The molecule has 0 aliphatic carbocycles. The van der Waals surface area contributed by atoms with E-state index in [-0.39, 0.29) is 12.1 Å². The summed E-state index contributed by atoms with van der Waals surface area (Å²) in [5.74, 6) is 0.175. The Balaban J connectivity index is 2.13. The van der Waals surface area contributed by atoms with Crippen LogP contribution in [-0.2, 0) is 22.4 Å². The molecular formula is C16H26N2O3. The van der Waals surface area contributed by atoms with E-state index in [1.807, 2.05) is 10.7 Å². The highest BCUT2D eigenvalue weighted by atomic mass is 16.5. The van der Waals surface area contributed by atoms with Gasteiger partial charge in [0.1, 0.15) is 0 Å². The molecule has 5 nitrogen and oxygen atoms in total. The Morgan fingerprint density at radius 2 is 2.33 bits per heavy atom. The lowest BCUT2D eigenvalue weighted by molar-refractivity contribution is 0.00329. The Morgan fingerprint density at radius 1 is 1.52 bits per heavy atom. The summed E-state index contributed by atoms with van der Waals surface area (Å²) in [5, 5.41) is 4.44. The minimum atomic E-state index is -0.342. The van der Waals surface area contributed by atoms with Crippen LogP contribution >= 0.6 is 0 Å². The Kier molecular flexibility index (Phi) is 5.79. The van der Waals surface area contributed by atoms with E-state index in [4.69, 9.17) is 9.47 Å². The lowest BCUT2D eigenvalue weighted by Gasteiger charge is -2.23. The van der Waals surface area contributed by atoms with Crippen molar-refractivity contribution in [1.29, 1.82) is 0 Å². The van der Waals surface area contributed by atoms with Crippen molar-refractivity contribution in [2.45, 2.75) is 59.1 Å². The van der Waals surface area contributed by atoms with Gasteiger partial charge in [0.05, 0.1) is 19.3 Å². The second-order valence-corrected chi connectivity index (χ2v) is 6.01. The van der Waals surface area contributed by atoms with Crippen LogP contribution in [0.2, 0.25) is 0 Å². The summed E-state index contributed by atoms with van der Waals surface area (Å²) in [6.07, 6.45) is 4.52. The Bertz CT molecular complexity index is 462. The van der Waals surface area contributed by atoms with E-state index in [1.54, 1.807) is 6.92 Å². The highest BCUT2D eigenvalue weighted by Crippen LogP contribution is 2.17. The molecule has 0 N–H and O–H groups in total. The first-order chi connectivity index (χ1) is 10.1. The van der Waals surface area contributed by atoms with E-state index in [0.29, 0.717) is 18.2 Å². The van der Waals surface area contributed by atoms with Crippen molar-refractivity contribution in [3.8, 4) is 0 Å². The molecule has 0 saturated carbocycles. The first-order valence-electron chi connectivity index (χ1n) is 7.95. The molecule has 2 rings (SSSR count). The molecule has 0 spiro atoms. The SMILES string of the molecule is CCOC(=O)c1cc(CC(C)C)n(CC2CCCCO2)n1. The predicted octanol–water partition coefficient (Wildman–Crippen LogP) is 2.83. The Morgan fingerprint density at radius 3 is 2.95 bits per heavy atom. The zero-order valence-electron chi connectivity index (χ0n) is 13.3. The minimum Gasteiger partial charge on any atom is -0.461 e. The molecule has 0 aromatic carbocycles. The summed E-state index contributed by atoms with van der Waals surface area (Å²) in [4.78, 5) is 11.9. The fourth-order valence-electron chi connectivity index (χ4n) is 2.65. The molecular weight excluding hydrogens is 268 g/mol. The molecule has 1 saturated heterocycles. The average molecular weight is 294 g/mol. The molecule has 1 unspecified atom stereocenters. The second kappa shape index (κ2) is 7.59. The van der Waals surface area contributed by atoms with Gasteiger partial charge in [0.25, 0.3) is 0 Å². The number of esters is 1. The van der Waals surface area contributed by atoms with Crippen LogP contribution in [0.5, 0.6) is 0 Å². The summed E-state index contributed by atoms with van der Waals surface area (Å²) in [6, 6.07) is 1.86. The number of hydrogen-bond donors (Lipinski definition) is 0. The van der Waals surface area contributed by atoms with E-state index >= 15 is 0 Å². The molecule has 5 heteroatoms. The van der Waals surface area contributed by atoms with E-state index in [2.05, 4.69) is 18.9 Å². The number of aromatic nitrogens is 2. The Hall–Kier alpha value is -1.36. The number of nitrogens with zero attached hydrogens (tertiary/aromatic N) is 2. The third-order valence-corrected chi connectivity index (χ3v) is 3.62. The highest BCUT2D eigenvalue weighted by Gasteiger charge is 2.20. The van der Waals surface area contributed by atoms with Crippen LogP contribution in [0.1, 0.15) is 56.2 Å².